The number of benzene rings is 3. The van der Waals surface area contributed by atoms with E-state index in [1.54, 1.807) is 0 Å². The SMILES string of the molecule is c1ccc(Cc2ncc3ccc4ncc5ccccc5c4c3n2)cc1. The Bertz CT molecular complexity index is 1210. The van der Waals surface area contributed by atoms with Crippen LogP contribution in [0, 0.1) is 0 Å². The molecule has 3 nitrogen and oxygen atoms in total. The lowest BCUT2D eigenvalue weighted by Crippen LogP contribution is -1.97. The van der Waals surface area contributed by atoms with E-state index in [4.69, 9.17) is 4.98 Å². The Labute approximate surface area is 145 Å². The van der Waals surface area contributed by atoms with Gasteiger partial charge in [0.1, 0.15) is 5.82 Å². The number of hydrogen-bond acceptors (Lipinski definition) is 3. The summed E-state index contributed by atoms with van der Waals surface area (Å²) < 4.78 is 0. The number of nitrogens with zero attached hydrogens (tertiary/aromatic N) is 3. The highest BCUT2D eigenvalue weighted by Crippen LogP contribution is 2.29. The van der Waals surface area contributed by atoms with Crippen molar-refractivity contribution in [1.82, 2.24) is 15.0 Å². The molecule has 0 unspecified atom stereocenters. The molecule has 0 atom stereocenters. The van der Waals surface area contributed by atoms with E-state index in [2.05, 4.69) is 40.3 Å². The van der Waals surface area contributed by atoms with Crippen molar-refractivity contribution < 1.29 is 0 Å². The van der Waals surface area contributed by atoms with Crippen LogP contribution in [-0.4, -0.2) is 15.0 Å². The van der Waals surface area contributed by atoms with Gasteiger partial charge in [0.15, 0.2) is 0 Å². The molecule has 0 spiro atoms. The Morgan fingerprint density at radius 2 is 1.48 bits per heavy atom. The molecule has 0 aliphatic carbocycles. The zero-order chi connectivity index (χ0) is 16.6. The van der Waals surface area contributed by atoms with Gasteiger partial charge in [0.25, 0.3) is 0 Å². The van der Waals surface area contributed by atoms with Gasteiger partial charge in [-0.15, -0.1) is 0 Å². The molecule has 5 rings (SSSR count). The fraction of sp³-hybridized carbons (Fsp3) is 0.0455. The van der Waals surface area contributed by atoms with Gasteiger partial charge in [0.05, 0.1) is 11.0 Å². The highest BCUT2D eigenvalue weighted by molar-refractivity contribution is 6.17. The molecule has 0 amide bonds. The van der Waals surface area contributed by atoms with Gasteiger partial charge in [-0.2, -0.15) is 0 Å². The van der Waals surface area contributed by atoms with E-state index >= 15 is 0 Å². The van der Waals surface area contributed by atoms with E-state index < -0.39 is 0 Å². The van der Waals surface area contributed by atoms with E-state index in [1.165, 1.54) is 10.9 Å². The third-order valence-electron chi connectivity index (χ3n) is 4.56. The number of aromatic nitrogens is 3. The summed E-state index contributed by atoms with van der Waals surface area (Å²) in [6.45, 7) is 0. The first-order chi connectivity index (χ1) is 12.4. The number of fused-ring (bicyclic) bond motifs is 5. The molecular weight excluding hydrogens is 306 g/mol. The van der Waals surface area contributed by atoms with Crippen LogP contribution in [0.25, 0.3) is 32.6 Å². The zero-order valence-electron chi connectivity index (χ0n) is 13.6. The standard InChI is InChI=1S/C22H15N3/c1-2-6-15(7-3-1)12-20-24-14-17-10-11-19-21(22(17)25-20)18-9-5-4-8-16(18)13-23-19/h1-11,13-14H,12H2. The third-order valence-corrected chi connectivity index (χ3v) is 4.56. The summed E-state index contributed by atoms with van der Waals surface area (Å²) in [5.74, 6) is 0.833. The van der Waals surface area contributed by atoms with Crippen molar-refractivity contribution in [2.45, 2.75) is 6.42 Å². The van der Waals surface area contributed by atoms with E-state index in [1.807, 2.05) is 48.8 Å². The van der Waals surface area contributed by atoms with Crippen LogP contribution in [-0.2, 0) is 6.42 Å². The molecule has 5 aromatic rings. The lowest BCUT2D eigenvalue weighted by atomic mass is 10.0. The van der Waals surface area contributed by atoms with Gasteiger partial charge >= 0.3 is 0 Å². The minimum Gasteiger partial charge on any atom is -0.256 e. The van der Waals surface area contributed by atoms with Gasteiger partial charge in [-0.1, -0.05) is 54.6 Å². The van der Waals surface area contributed by atoms with E-state index in [-0.39, 0.29) is 0 Å². The van der Waals surface area contributed by atoms with Gasteiger partial charge in [0, 0.05) is 35.0 Å². The van der Waals surface area contributed by atoms with Crippen LogP contribution in [0.5, 0.6) is 0 Å². The van der Waals surface area contributed by atoms with E-state index in [0.717, 1.165) is 39.4 Å². The summed E-state index contributed by atoms with van der Waals surface area (Å²) in [4.78, 5) is 14.1. The topological polar surface area (TPSA) is 38.7 Å². The summed E-state index contributed by atoms with van der Waals surface area (Å²) >= 11 is 0. The van der Waals surface area contributed by atoms with Crippen LogP contribution < -0.4 is 0 Å². The molecular formula is C22H15N3. The highest BCUT2D eigenvalue weighted by atomic mass is 14.9. The molecule has 0 N–H and O–H groups in total. The Kier molecular flexibility index (Phi) is 3.17. The average molecular weight is 321 g/mol. The smallest absolute Gasteiger partial charge is 0.133 e. The third kappa shape index (κ3) is 2.41. The summed E-state index contributed by atoms with van der Waals surface area (Å²) in [5.41, 5.74) is 3.16. The molecule has 0 saturated heterocycles. The van der Waals surface area contributed by atoms with Crippen molar-refractivity contribution in [1.29, 1.82) is 0 Å². The van der Waals surface area contributed by atoms with Crippen molar-refractivity contribution in [3.05, 3.63) is 90.5 Å². The maximum atomic E-state index is 4.90. The summed E-state index contributed by atoms with van der Waals surface area (Å²) in [6.07, 6.45) is 4.57. The predicted octanol–water partition coefficient (Wildman–Crippen LogP) is 4.92. The summed E-state index contributed by atoms with van der Waals surface area (Å²) in [6, 6.07) is 22.7. The highest BCUT2D eigenvalue weighted by Gasteiger charge is 2.09. The first-order valence-electron chi connectivity index (χ1n) is 8.34. The molecule has 3 heteroatoms. The van der Waals surface area contributed by atoms with Crippen molar-refractivity contribution in [2.75, 3.05) is 0 Å². The number of pyridine rings is 1. The lowest BCUT2D eigenvalue weighted by molar-refractivity contribution is 0.994. The Morgan fingerprint density at radius 3 is 2.40 bits per heavy atom. The van der Waals surface area contributed by atoms with Crippen molar-refractivity contribution >= 4 is 32.6 Å². The van der Waals surface area contributed by atoms with E-state index in [0.29, 0.717) is 0 Å². The molecule has 2 aromatic heterocycles. The first-order valence-corrected chi connectivity index (χ1v) is 8.34. The van der Waals surface area contributed by atoms with Crippen LogP contribution >= 0.6 is 0 Å². The van der Waals surface area contributed by atoms with Gasteiger partial charge in [-0.25, -0.2) is 9.97 Å². The lowest BCUT2D eigenvalue weighted by Gasteiger charge is -2.08. The largest absolute Gasteiger partial charge is 0.256 e. The molecule has 0 fully saturated rings. The van der Waals surface area contributed by atoms with Crippen LogP contribution in [0.4, 0.5) is 0 Å². The van der Waals surface area contributed by atoms with Crippen LogP contribution in [0.1, 0.15) is 11.4 Å². The van der Waals surface area contributed by atoms with Crippen molar-refractivity contribution in [3.63, 3.8) is 0 Å². The Balaban J connectivity index is 1.79. The van der Waals surface area contributed by atoms with Crippen molar-refractivity contribution in [2.24, 2.45) is 0 Å². The molecule has 118 valence electrons. The number of rotatable bonds is 2. The Morgan fingerprint density at radius 1 is 0.680 bits per heavy atom. The predicted molar refractivity (Wildman–Crippen MR) is 102 cm³/mol. The van der Waals surface area contributed by atoms with Gasteiger partial charge < -0.3 is 0 Å². The van der Waals surface area contributed by atoms with Crippen LogP contribution in [0.2, 0.25) is 0 Å². The molecule has 2 heterocycles. The molecule has 0 aliphatic heterocycles. The zero-order valence-corrected chi connectivity index (χ0v) is 13.6. The quantitative estimate of drug-likeness (QED) is 0.433. The van der Waals surface area contributed by atoms with Crippen LogP contribution in [0.3, 0.4) is 0 Å². The fourth-order valence-electron chi connectivity index (χ4n) is 3.34. The second kappa shape index (κ2) is 5.64. The van der Waals surface area contributed by atoms with Crippen molar-refractivity contribution in [3.8, 4) is 0 Å². The molecule has 25 heavy (non-hydrogen) atoms. The Hall–Kier alpha value is -3.33. The minimum absolute atomic E-state index is 0.728. The molecule has 0 aliphatic rings. The first kappa shape index (κ1) is 14.1. The van der Waals surface area contributed by atoms with Gasteiger partial charge in [-0.3, -0.25) is 4.98 Å². The second-order valence-electron chi connectivity index (χ2n) is 6.19. The molecule has 0 saturated carbocycles. The summed E-state index contributed by atoms with van der Waals surface area (Å²) in [5, 5.41) is 4.46. The van der Waals surface area contributed by atoms with Gasteiger partial charge in [0.2, 0.25) is 0 Å². The fourth-order valence-corrected chi connectivity index (χ4v) is 3.34. The number of hydrogen-bond donors (Lipinski definition) is 0. The summed E-state index contributed by atoms with van der Waals surface area (Å²) in [7, 11) is 0. The average Bonchev–Trinajstić information content (AvgIpc) is 2.68. The van der Waals surface area contributed by atoms with Crippen LogP contribution in [0.15, 0.2) is 79.1 Å². The molecule has 0 bridgehead atoms. The molecule has 3 aromatic carbocycles. The second-order valence-corrected chi connectivity index (χ2v) is 6.19. The maximum absolute atomic E-state index is 4.90. The normalized spacial score (nSPS) is 11.4. The van der Waals surface area contributed by atoms with E-state index in [9.17, 15) is 0 Å². The minimum atomic E-state index is 0.728. The monoisotopic (exact) mass is 321 g/mol. The maximum Gasteiger partial charge on any atom is 0.133 e. The molecule has 0 radical (unpaired) electrons. The van der Waals surface area contributed by atoms with Gasteiger partial charge in [-0.05, 0) is 23.1 Å².